The maximum Gasteiger partial charge on any atom is 0.342 e. The van der Waals surface area contributed by atoms with Crippen LogP contribution in [-0.4, -0.2) is 43.8 Å². The van der Waals surface area contributed by atoms with Crippen molar-refractivity contribution in [3.63, 3.8) is 0 Å². The van der Waals surface area contributed by atoms with Crippen LogP contribution in [0.3, 0.4) is 0 Å². The highest BCUT2D eigenvalue weighted by molar-refractivity contribution is 7.94. The number of aromatic hydroxyl groups is 1. The Bertz CT molecular complexity index is 1030. The number of sulfone groups is 1. The molecule has 1 heterocycles. The molecule has 1 N–H and O–H groups in total. The Balaban J connectivity index is 1.76. The van der Waals surface area contributed by atoms with E-state index in [-0.39, 0.29) is 17.1 Å². The Kier molecular flexibility index (Phi) is 5.51. The molecule has 2 aromatic carbocycles. The molecule has 0 fully saturated rings. The van der Waals surface area contributed by atoms with Gasteiger partial charge >= 0.3 is 5.97 Å². The number of aryl methyl sites for hydroxylation is 1. The predicted octanol–water partition coefficient (Wildman–Crippen LogP) is 2.20. The summed E-state index contributed by atoms with van der Waals surface area (Å²) >= 11 is 0. The molecule has 1 atom stereocenters. The fraction of sp³-hybridized carbons (Fsp3) is 0.200. The van der Waals surface area contributed by atoms with E-state index in [1.54, 1.807) is 43.3 Å². The van der Waals surface area contributed by atoms with E-state index in [0.717, 1.165) is 11.0 Å². The number of esters is 1. The number of amides is 1. The molecule has 3 rings (SSSR count). The van der Waals surface area contributed by atoms with E-state index in [4.69, 9.17) is 4.74 Å². The Labute approximate surface area is 162 Å². The molecule has 0 aliphatic carbocycles. The number of phenols is 1. The van der Waals surface area contributed by atoms with E-state index < -0.39 is 34.4 Å². The summed E-state index contributed by atoms with van der Waals surface area (Å²) in [6.45, 7) is 1.17. The van der Waals surface area contributed by atoms with Crippen LogP contribution < -0.4 is 4.90 Å². The average molecular weight is 401 g/mol. The lowest BCUT2D eigenvalue weighted by Crippen LogP contribution is -2.43. The lowest BCUT2D eigenvalue weighted by Gasteiger charge is -2.27. The van der Waals surface area contributed by atoms with Crippen LogP contribution in [0.15, 0.2) is 60.0 Å². The Morgan fingerprint density at radius 3 is 2.50 bits per heavy atom. The second-order valence-corrected chi connectivity index (χ2v) is 8.35. The van der Waals surface area contributed by atoms with Gasteiger partial charge in [-0.25, -0.2) is 13.2 Å². The minimum Gasteiger partial charge on any atom is -0.507 e. The number of carbonyl (C=O) groups excluding carboxylic acids is 2. The van der Waals surface area contributed by atoms with Crippen molar-refractivity contribution in [1.82, 2.24) is 0 Å². The molecule has 0 aromatic heterocycles. The van der Waals surface area contributed by atoms with Crippen LogP contribution in [0, 0.1) is 6.92 Å². The number of benzene rings is 2. The molecule has 28 heavy (non-hydrogen) atoms. The van der Waals surface area contributed by atoms with Gasteiger partial charge in [0.2, 0.25) is 0 Å². The van der Waals surface area contributed by atoms with Crippen LogP contribution >= 0.6 is 0 Å². The van der Waals surface area contributed by atoms with Crippen LogP contribution in [-0.2, 0) is 19.4 Å². The van der Waals surface area contributed by atoms with Gasteiger partial charge in [-0.15, -0.1) is 0 Å². The summed E-state index contributed by atoms with van der Waals surface area (Å²) in [5.41, 5.74) is 1.22. The zero-order valence-electron chi connectivity index (χ0n) is 15.1. The normalized spacial score (nSPS) is 17.2. The fourth-order valence-electron chi connectivity index (χ4n) is 2.92. The van der Waals surface area contributed by atoms with Crippen molar-refractivity contribution in [2.75, 3.05) is 17.3 Å². The molecule has 7 nitrogen and oxygen atoms in total. The average Bonchev–Trinajstić information content (AvgIpc) is 3.00. The summed E-state index contributed by atoms with van der Waals surface area (Å²) in [5.74, 6) is -1.88. The van der Waals surface area contributed by atoms with Gasteiger partial charge in [0.1, 0.15) is 11.3 Å². The first-order chi connectivity index (χ1) is 13.3. The summed E-state index contributed by atoms with van der Waals surface area (Å²) in [4.78, 5) is 26.3. The van der Waals surface area contributed by atoms with Gasteiger partial charge in [-0.2, -0.15) is 0 Å². The lowest BCUT2D eigenvalue weighted by atomic mass is 10.1. The molecule has 0 radical (unpaired) electrons. The number of carbonyl (C=O) groups is 2. The van der Waals surface area contributed by atoms with Gasteiger partial charge < -0.3 is 14.7 Å². The van der Waals surface area contributed by atoms with Gasteiger partial charge in [0.25, 0.3) is 5.91 Å². The Morgan fingerprint density at radius 1 is 1.18 bits per heavy atom. The van der Waals surface area contributed by atoms with E-state index in [1.165, 1.54) is 23.1 Å². The quantitative estimate of drug-likeness (QED) is 0.771. The van der Waals surface area contributed by atoms with Crippen LogP contribution in [0.4, 0.5) is 5.69 Å². The molecule has 0 saturated carbocycles. The van der Waals surface area contributed by atoms with Gasteiger partial charge in [-0.05, 0) is 42.8 Å². The van der Waals surface area contributed by atoms with Crippen molar-refractivity contribution >= 4 is 27.4 Å². The number of para-hydroxylation sites is 1. The van der Waals surface area contributed by atoms with E-state index in [2.05, 4.69) is 0 Å². The summed E-state index contributed by atoms with van der Waals surface area (Å²) in [6.07, 6.45) is 1.44. The van der Waals surface area contributed by atoms with Gasteiger partial charge in [-0.3, -0.25) is 4.79 Å². The van der Waals surface area contributed by atoms with Gasteiger partial charge in [0.05, 0.1) is 11.8 Å². The molecule has 0 spiro atoms. The molecule has 1 aliphatic heterocycles. The zero-order valence-corrected chi connectivity index (χ0v) is 15.9. The van der Waals surface area contributed by atoms with Crippen molar-refractivity contribution in [3.05, 3.63) is 71.1 Å². The van der Waals surface area contributed by atoms with Crippen molar-refractivity contribution < 1.29 is 27.9 Å². The number of phenolic OH excluding ortho intramolecular Hbond substituents is 1. The molecule has 8 heteroatoms. The highest BCUT2D eigenvalue weighted by Crippen LogP contribution is 2.23. The summed E-state index contributed by atoms with van der Waals surface area (Å²) < 4.78 is 28.6. The highest BCUT2D eigenvalue weighted by atomic mass is 32.2. The van der Waals surface area contributed by atoms with Gasteiger partial charge in [0, 0.05) is 11.1 Å². The predicted molar refractivity (Wildman–Crippen MR) is 104 cm³/mol. The lowest BCUT2D eigenvalue weighted by molar-refractivity contribution is -0.121. The molecule has 2 aromatic rings. The third-order valence-corrected chi connectivity index (χ3v) is 5.62. The SMILES string of the molecule is Cc1ccc(C(=O)OCC(=O)N(c2ccccc2)C2C=CS(=O)(=O)C2)c(O)c1. The summed E-state index contributed by atoms with van der Waals surface area (Å²) in [6, 6.07) is 12.3. The van der Waals surface area contributed by atoms with Crippen molar-refractivity contribution in [3.8, 4) is 5.75 Å². The third-order valence-electron chi connectivity index (χ3n) is 4.25. The van der Waals surface area contributed by atoms with Crippen molar-refractivity contribution in [2.24, 2.45) is 0 Å². The summed E-state index contributed by atoms with van der Waals surface area (Å²) in [5, 5.41) is 11.0. The van der Waals surface area contributed by atoms with E-state index in [0.29, 0.717) is 5.69 Å². The first-order valence-corrected chi connectivity index (χ1v) is 10.2. The van der Waals surface area contributed by atoms with Crippen LogP contribution in [0.1, 0.15) is 15.9 Å². The maximum absolute atomic E-state index is 12.8. The monoisotopic (exact) mass is 401 g/mol. The molecule has 146 valence electrons. The minimum absolute atomic E-state index is 0.0481. The third kappa shape index (κ3) is 4.40. The number of ether oxygens (including phenoxy) is 1. The van der Waals surface area contributed by atoms with E-state index in [1.807, 2.05) is 0 Å². The minimum atomic E-state index is -3.38. The van der Waals surface area contributed by atoms with Crippen LogP contribution in [0.5, 0.6) is 5.75 Å². The van der Waals surface area contributed by atoms with Gasteiger partial charge in [0.15, 0.2) is 16.4 Å². The summed E-state index contributed by atoms with van der Waals surface area (Å²) in [7, 11) is -3.38. The van der Waals surface area contributed by atoms with E-state index in [9.17, 15) is 23.1 Å². The second-order valence-electron chi connectivity index (χ2n) is 6.42. The highest BCUT2D eigenvalue weighted by Gasteiger charge is 2.32. The molecule has 1 aliphatic rings. The molecular weight excluding hydrogens is 382 g/mol. The molecular formula is C20H19NO6S. The Hall–Kier alpha value is -3.13. The van der Waals surface area contributed by atoms with Crippen LogP contribution in [0.2, 0.25) is 0 Å². The molecule has 1 unspecified atom stereocenters. The fourth-order valence-corrected chi connectivity index (χ4v) is 4.19. The number of hydrogen-bond donors (Lipinski definition) is 1. The number of rotatable bonds is 5. The van der Waals surface area contributed by atoms with E-state index >= 15 is 0 Å². The number of hydrogen-bond acceptors (Lipinski definition) is 6. The first kappa shape index (κ1) is 19.6. The first-order valence-electron chi connectivity index (χ1n) is 8.51. The zero-order chi connectivity index (χ0) is 20.3. The maximum atomic E-state index is 12.8. The number of anilines is 1. The molecule has 0 saturated heterocycles. The molecule has 0 bridgehead atoms. The largest absolute Gasteiger partial charge is 0.507 e. The van der Waals surface area contributed by atoms with Crippen molar-refractivity contribution in [1.29, 1.82) is 0 Å². The number of nitrogens with zero attached hydrogens (tertiary/aromatic N) is 1. The smallest absolute Gasteiger partial charge is 0.342 e. The topological polar surface area (TPSA) is 101 Å². The van der Waals surface area contributed by atoms with Crippen LogP contribution in [0.25, 0.3) is 0 Å². The molecule has 1 amide bonds. The second kappa shape index (κ2) is 7.85. The standard InChI is InChI=1S/C20H19NO6S/c1-14-7-8-17(18(22)11-14)20(24)27-12-19(23)21(15-5-3-2-4-6-15)16-9-10-28(25,26)13-16/h2-11,16,22H,12-13H2,1H3. The van der Waals surface area contributed by atoms with Crippen molar-refractivity contribution in [2.45, 2.75) is 13.0 Å². The van der Waals surface area contributed by atoms with Gasteiger partial charge in [-0.1, -0.05) is 24.3 Å². The Morgan fingerprint density at radius 2 is 1.89 bits per heavy atom.